The van der Waals surface area contributed by atoms with Gasteiger partial charge in [0.15, 0.2) is 12.1 Å². The Morgan fingerprint density at radius 1 is 1.27 bits per heavy atom. The first-order valence-electron chi connectivity index (χ1n) is 4.30. The van der Waals surface area contributed by atoms with Crippen LogP contribution in [0.15, 0.2) is 39.6 Å². The van der Waals surface area contributed by atoms with Crippen LogP contribution in [0.25, 0.3) is 0 Å². The maximum atomic E-state index is 11.0. The van der Waals surface area contributed by atoms with Gasteiger partial charge in [0.1, 0.15) is 5.56 Å². The van der Waals surface area contributed by atoms with Crippen molar-refractivity contribution in [1.82, 2.24) is 5.16 Å². The van der Waals surface area contributed by atoms with E-state index in [-0.39, 0.29) is 11.4 Å². The number of hydrogen-bond donors (Lipinski definition) is 2. The quantitative estimate of drug-likeness (QED) is 0.743. The summed E-state index contributed by atoms with van der Waals surface area (Å²) in [5.74, 6) is 0.265. The summed E-state index contributed by atoms with van der Waals surface area (Å²) in [6.07, 6.45) is 0.452. The summed E-state index contributed by atoms with van der Waals surface area (Å²) >= 11 is 0. The fourth-order valence-electron chi connectivity index (χ4n) is 1.18. The molecule has 0 aliphatic rings. The molecule has 2 aromatic rings. The average Bonchev–Trinajstić information content (AvgIpc) is 2.61. The third-order valence-corrected chi connectivity index (χ3v) is 1.90. The van der Waals surface area contributed by atoms with Crippen molar-refractivity contribution in [2.24, 2.45) is 0 Å². The number of anilines is 2. The van der Waals surface area contributed by atoms with Crippen LogP contribution in [-0.2, 0) is 0 Å². The third-order valence-electron chi connectivity index (χ3n) is 1.90. The molecule has 0 aliphatic carbocycles. The highest BCUT2D eigenvalue weighted by molar-refractivity contribution is 5.83. The Hall–Kier alpha value is -2.30. The highest BCUT2D eigenvalue weighted by Crippen LogP contribution is 2.14. The summed E-state index contributed by atoms with van der Waals surface area (Å²) in [6, 6.07) is 9.14. The molecule has 1 aromatic carbocycles. The van der Waals surface area contributed by atoms with Crippen LogP contribution in [0, 0.1) is 0 Å². The lowest BCUT2D eigenvalue weighted by Crippen LogP contribution is -2.02. The average molecular weight is 204 g/mol. The van der Waals surface area contributed by atoms with Crippen LogP contribution in [-0.4, -0.2) is 11.4 Å². The third kappa shape index (κ3) is 1.80. The summed E-state index contributed by atoms with van der Waals surface area (Å²) in [4.78, 5) is 21.6. The van der Waals surface area contributed by atoms with E-state index < -0.39 is 5.63 Å². The number of aromatic amines is 1. The van der Waals surface area contributed by atoms with Crippen molar-refractivity contribution in [3.63, 3.8) is 0 Å². The molecule has 0 amide bonds. The van der Waals surface area contributed by atoms with E-state index >= 15 is 0 Å². The molecule has 0 spiro atoms. The van der Waals surface area contributed by atoms with Gasteiger partial charge in [-0.25, -0.2) is 9.95 Å². The molecule has 0 radical (unpaired) electrons. The Balaban J connectivity index is 2.32. The van der Waals surface area contributed by atoms with Gasteiger partial charge in [-0.2, -0.15) is 0 Å². The molecule has 0 atom stereocenters. The topological polar surface area (TPSA) is 75.1 Å². The normalized spacial score (nSPS) is 9.87. The molecule has 5 nitrogen and oxygen atoms in total. The second-order valence-corrected chi connectivity index (χ2v) is 2.89. The molecule has 76 valence electrons. The second kappa shape index (κ2) is 3.83. The first kappa shape index (κ1) is 9.26. The van der Waals surface area contributed by atoms with Crippen LogP contribution in [0.5, 0.6) is 0 Å². The van der Waals surface area contributed by atoms with E-state index in [1.807, 2.05) is 18.2 Å². The zero-order chi connectivity index (χ0) is 10.7. The molecule has 0 saturated carbocycles. The summed E-state index contributed by atoms with van der Waals surface area (Å²) < 4.78 is 4.48. The smallest absolute Gasteiger partial charge is 0.339 e. The van der Waals surface area contributed by atoms with Gasteiger partial charge < -0.3 is 9.84 Å². The minimum Gasteiger partial charge on any atom is -0.339 e. The largest absolute Gasteiger partial charge is 0.369 e. The first-order chi connectivity index (χ1) is 7.31. The number of benzene rings is 1. The predicted molar refractivity (Wildman–Crippen MR) is 54.4 cm³/mol. The van der Waals surface area contributed by atoms with Crippen molar-refractivity contribution in [2.45, 2.75) is 0 Å². The summed E-state index contributed by atoms with van der Waals surface area (Å²) in [5, 5.41) is 5.21. The van der Waals surface area contributed by atoms with Crippen LogP contribution in [0.4, 0.5) is 11.5 Å². The fraction of sp³-hybridized carbons (Fsp3) is 0. The minimum atomic E-state index is -0.677. The SMILES string of the molecule is O=Cc1c(Nc2ccccc2)[nH]oc1=O. The van der Waals surface area contributed by atoms with E-state index in [9.17, 15) is 9.59 Å². The second-order valence-electron chi connectivity index (χ2n) is 2.89. The molecule has 2 N–H and O–H groups in total. The molecule has 2 rings (SSSR count). The first-order valence-corrected chi connectivity index (χ1v) is 4.30. The van der Waals surface area contributed by atoms with E-state index in [1.54, 1.807) is 12.1 Å². The van der Waals surface area contributed by atoms with Crippen molar-refractivity contribution in [1.29, 1.82) is 0 Å². The number of para-hydroxylation sites is 1. The summed E-state index contributed by atoms with van der Waals surface area (Å²) in [6.45, 7) is 0. The molecule has 0 bridgehead atoms. The molecule has 0 fully saturated rings. The fourth-order valence-corrected chi connectivity index (χ4v) is 1.18. The number of aldehydes is 1. The number of carbonyl (C=O) groups excluding carboxylic acids is 1. The Bertz CT molecular complexity index is 513. The van der Waals surface area contributed by atoms with Crippen LogP contribution in [0.1, 0.15) is 10.4 Å². The monoisotopic (exact) mass is 204 g/mol. The van der Waals surface area contributed by atoms with E-state index in [4.69, 9.17) is 0 Å². The standard InChI is InChI=1S/C10H8N2O3/c13-6-8-9(12-15-10(8)14)11-7-4-2-1-3-5-7/h1-6,11-12H. The van der Waals surface area contributed by atoms with Crippen molar-refractivity contribution in [3.8, 4) is 0 Å². The van der Waals surface area contributed by atoms with Gasteiger partial charge in [0.2, 0.25) is 0 Å². The van der Waals surface area contributed by atoms with Crippen molar-refractivity contribution >= 4 is 17.8 Å². The Kier molecular flexibility index (Phi) is 2.37. The number of hydrogen-bond acceptors (Lipinski definition) is 4. The predicted octanol–water partition coefficient (Wildman–Crippen LogP) is 1.52. The number of H-pyrrole nitrogens is 1. The van der Waals surface area contributed by atoms with Gasteiger partial charge in [-0.3, -0.25) is 4.79 Å². The maximum absolute atomic E-state index is 11.0. The lowest BCUT2D eigenvalue weighted by molar-refractivity contribution is 0.112. The van der Waals surface area contributed by atoms with Crippen LogP contribution >= 0.6 is 0 Å². The van der Waals surface area contributed by atoms with Gasteiger partial charge in [0, 0.05) is 5.69 Å². The Morgan fingerprint density at radius 3 is 2.67 bits per heavy atom. The van der Waals surface area contributed by atoms with E-state index in [0.717, 1.165) is 5.69 Å². The van der Waals surface area contributed by atoms with E-state index in [1.165, 1.54) is 0 Å². The van der Waals surface area contributed by atoms with Gasteiger partial charge >= 0.3 is 5.63 Å². The van der Waals surface area contributed by atoms with Crippen LogP contribution < -0.4 is 10.9 Å². The van der Waals surface area contributed by atoms with Gasteiger partial charge in [-0.05, 0) is 12.1 Å². The highest BCUT2D eigenvalue weighted by atomic mass is 16.5. The lowest BCUT2D eigenvalue weighted by atomic mass is 10.3. The number of rotatable bonds is 3. The van der Waals surface area contributed by atoms with Gasteiger partial charge in [0.05, 0.1) is 0 Å². The van der Waals surface area contributed by atoms with E-state index in [2.05, 4.69) is 15.0 Å². The highest BCUT2D eigenvalue weighted by Gasteiger charge is 2.10. The zero-order valence-corrected chi connectivity index (χ0v) is 7.69. The molecule has 0 unspecified atom stereocenters. The van der Waals surface area contributed by atoms with Crippen LogP contribution in [0.2, 0.25) is 0 Å². The number of carbonyl (C=O) groups is 1. The molecule has 5 heteroatoms. The molecule has 1 heterocycles. The molecule has 0 saturated heterocycles. The maximum Gasteiger partial charge on any atom is 0.369 e. The van der Waals surface area contributed by atoms with Gasteiger partial charge in [-0.15, -0.1) is 0 Å². The van der Waals surface area contributed by atoms with Crippen molar-refractivity contribution in [3.05, 3.63) is 46.3 Å². The summed E-state index contributed by atoms with van der Waals surface area (Å²) in [5.41, 5.74) is 0.0416. The van der Waals surface area contributed by atoms with Crippen molar-refractivity contribution < 1.29 is 9.32 Å². The minimum absolute atomic E-state index is 0.0427. The molecule has 1 aromatic heterocycles. The summed E-state index contributed by atoms with van der Waals surface area (Å²) in [7, 11) is 0. The molecule has 0 aliphatic heterocycles. The van der Waals surface area contributed by atoms with Crippen LogP contribution in [0.3, 0.4) is 0 Å². The molecular weight excluding hydrogens is 196 g/mol. The molecular formula is C10H8N2O3. The van der Waals surface area contributed by atoms with Gasteiger partial charge in [0.25, 0.3) is 0 Å². The Labute approximate surface area is 84.7 Å². The molecule has 15 heavy (non-hydrogen) atoms. The van der Waals surface area contributed by atoms with E-state index in [0.29, 0.717) is 6.29 Å². The Morgan fingerprint density at radius 2 is 2.00 bits per heavy atom. The van der Waals surface area contributed by atoms with Crippen molar-refractivity contribution in [2.75, 3.05) is 5.32 Å². The number of nitrogens with one attached hydrogen (secondary N) is 2. The number of aromatic nitrogens is 1. The lowest BCUT2D eigenvalue weighted by Gasteiger charge is -2.01. The van der Waals surface area contributed by atoms with Gasteiger partial charge in [-0.1, -0.05) is 18.2 Å². The zero-order valence-electron chi connectivity index (χ0n) is 7.69.